The van der Waals surface area contributed by atoms with Gasteiger partial charge in [0, 0.05) is 0 Å². The van der Waals surface area contributed by atoms with E-state index in [1.165, 1.54) is 71.3 Å². The van der Waals surface area contributed by atoms with E-state index in [-0.39, 0.29) is 11.7 Å². The van der Waals surface area contributed by atoms with Crippen LogP contribution in [0.4, 0.5) is 8.78 Å². The fraction of sp³-hybridized carbons (Fsp3) is 0.769. The number of hydrogen-bond acceptors (Lipinski definition) is 1. The highest BCUT2D eigenvalue weighted by Gasteiger charge is 2.47. The Bertz CT molecular complexity index is 680. The van der Waals surface area contributed by atoms with Gasteiger partial charge in [-0.15, -0.1) is 0 Å². The first-order valence-electron chi connectivity index (χ1n) is 12.2. The molecule has 0 N–H and O–H groups in total. The summed E-state index contributed by atoms with van der Waals surface area (Å²) >= 11 is 0. The second-order valence-electron chi connectivity index (χ2n) is 10.00. The number of unbranched alkanes of at least 4 members (excludes halogenated alkanes) is 2. The molecule has 0 spiro atoms. The number of fused-ring (bicyclic) bond motifs is 1. The van der Waals surface area contributed by atoms with Crippen LogP contribution in [0, 0.1) is 41.2 Å². The predicted molar refractivity (Wildman–Crippen MR) is 114 cm³/mol. The minimum absolute atomic E-state index is 0.00616. The molecule has 3 saturated carbocycles. The lowest BCUT2D eigenvalue weighted by molar-refractivity contribution is 0.177. The highest BCUT2D eigenvalue weighted by molar-refractivity contribution is 5.33. The van der Waals surface area contributed by atoms with E-state index < -0.39 is 11.6 Å². The summed E-state index contributed by atoms with van der Waals surface area (Å²) in [5, 5.41) is 0. The zero-order valence-corrected chi connectivity index (χ0v) is 18.3. The van der Waals surface area contributed by atoms with Gasteiger partial charge in [-0.2, -0.15) is 4.39 Å². The Hall–Kier alpha value is -1.12. The Balaban J connectivity index is 1.33. The monoisotopic (exact) mass is 404 g/mol. The molecule has 162 valence electrons. The third kappa shape index (κ3) is 4.21. The molecule has 0 aromatic heterocycles. The van der Waals surface area contributed by atoms with Crippen molar-refractivity contribution in [3.8, 4) is 5.75 Å². The Kier molecular flexibility index (Phi) is 6.81. The lowest BCUT2D eigenvalue weighted by Crippen LogP contribution is -2.25. The van der Waals surface area contributed by atoms with E-state index in [1.807, 2.05) is 0 Å². The maximum absolute atomic E-state index is 14.5. The van der Waals surface area contributed by atoms with Crippen molar-refractivity contribution in [2.24, 2.45) is 29.6 Å². The van der Waals surface area contributed by atoms with Crippen LogP contribution in [0.5, 0.6) is 5.75 Å². The van der Waals surface area contributed by atoms with E-state index in [0.29, 0.717) is 5.56 Å². The molecule has 3 fully saturated rings. The summed E-state index contributed by atoms with van der Waals surface area (Å²) in [6.07, 6.45) is 15.7. The molecule has 29 heavy (non-hydrogen) atoms. The summed E-state index contributed by atoms with van der Waals surface area (Å²) in [6.45, 7) is 2.30. The molecule has 1 aromatic carbocycles. The Morgan fingerprint density at radius 1 is 0.828 bits per heavy atom. The third-order valence-electron chi connectivity index (χ3n) is 8.70. The SMILES string of the molecule is CCCCCC1CCC2C(C3CCC(c4ccc(OC)c(F)c4F)CC3)CCC12. The first-order valence-corrected chi connectivity index (χ1v) is 12.2. The van der Waals surface area contributed by atoms with Gasteiger partial charge in [-0.3, -0.25) is 0 Å². The lowest BCUT2D eigenvalue weighted by atomic mass is 9.70. The molecule has 0 saturated heterocycles. The maximum Gasteiger partial charge on any atom is 0.200 e. The van der Waals surface area contributed by atoms with Gasteiger partial charge in [0.25, 0.3) is 0 Å². The van der Waals surface area contributed by atoms with Crippen molar-refractivity contribution in [1.29, 1.82) is 0 Å². The molecule has 0 radical (unpaired) electrons. The van der Waals surface area contributed by atoms with Gasteiger partial charge < -0.3 is 4.74 Å². The van der Waals surface area contributed by atoms with Crippen LogP contribution >= 0.6 is 0 Å². The molecule has 3 aliphatic rings. The second kappa shape index (κ2) is 9.35. The summed E-state index contributed by atoms with van der Waals surface area (Å²) in [6, 6.07) is 3.32. The molecule has 0 aliphatic heterocycles. The quantitative estimate of drug-likeness (QED) is 0.420. The fourth-order valence-electron chi connectivity index (χ4n) is 7.24. The van der Waals surface area contributed by atoms with Gasteiger partial charge in [-0.1, -0.05) is 38.7 Å². The number of benzene rings is 1. The van der Waals surface area contributed by atoms with Crippen LogP contribution in [0.25, 0.3) is 0 Å². The van der Waals surface area contributed by atoms with E-state index in [1.54, 1.807) is 12.1 Å². The molecule has 4 unspecified atom stereocenters. The Morgan fingerprint density at radius 2 is 1.55 bits per heavy atom. The molecule has 3 aliphatic carbocycles. The highest BCUT2D eigenvalue weighted by Crippen LogP contribution is 2.56. The number of rotatable bonds is 7. The largest absolute Gasteiger partial charge is 0.494 e. The molecule has 0 heterocycles. The number of hydrogen-bond donors (Lipinski definition) is 0. The van der Waals surface area contributed by atoms with Crippen molar-refractivity contribution in [3.05, 3.63) is 29.3 Å². The van der Waals surface area contributed by atoms with E-state index in [9.17, 15) is 8.78 Å². The first kappa shape index (κ1) is 21.1. The zero-order valence-electron chi connectivity index (χ0n) is 18.3. The number of ether oxygens (including phenoxy) is 1. The summed E-state index contributed by atoms with van der Waals surface area (Å²) in [5.74, 6) is 3.29. The molecule has 0 amide bonds. The van der Waals surface area contributed by atoms with Gasteiger partial charge in [-0.05, 0) is 98.5 Å². The highest BCUT2D eigenvalue weighted by atomic mass is 19.2. The van der Waals surface area contributed by atoms with Crippen molar-refractivity contribution >= 4 is 0 Å². The van der Waals surface area contributed by atoms with Crippen LogP contribution in [0.15, 0.2) is 12.1 Å². The zero-order chi connectivity index (χ0) is 20.4. The van der Waals surface area contributed by atoms with Crippen LogP contribution in [0.2, 0.25) is 0 Å². The molecule has 1 aromatic rings. The Morgan fingerprint density at radius 3 is 2.28 bits per heavy atom. The molecular formula is C26H38F2O. The third-order valence-corrected chi connectivity index (χ3v) is 8.70. The molecular weight excluding hydrogens is 366 g/mol. The van der Waals surface area contributed by atoms with E-state index in [2.05, 4.69) is 6.92 Å². The van der Waals surface area contributed by atoms with Gasteiger partial charge in [0.05, 0.1) is 7.11 Å². The van der Waals surface area contributed by atoms with Gasteiger partial charge in [-0.25, -0.2) is 4.39 Å². The van der Waals surface area contributed by atoms with Crippen LogP contribution in [0.3, 0.4) is 0 Å². The summed E-state index contributed by atoms with van der Waals surface area (Å²) in [7, 11) is 1.38. The fourth-order valence-corrected chi connectivity index (χ4v) is 7.24. The summed E-state index contributed by atoms with van der Waals surface area (Å²) in [5.41, 5.74) is 0.558. The van der Waals surface area contributed by atoms with Crippen LogP contribution in [-0.4, -0.2) is 7.11 Å². The molecule has 3 heteroatoms. The summed E-state index contributed by atoms with van der Waals surface area (Å²) < 4.78 is 33.6. The second-order valence-corrected chi connectivity index (χ2v) is 10.00. The van der Waals surface area contributed by atoms with E-state index in [0.717, 1.165) is 42.4 Å². The Labute approximate surface area is 175 Å². The number of halogens is 2. The predicted octanol–water partition coefficient (Wildman–Crippen LogP) is 7.88. The normalized spacial score (nSPS) is 34.3. The van der Waals surface area contributed by atoms with Gasteiger partial charge in [0.1, 0.15) is 0 Å². The first-order chi connectivity index (χ1) is 14.1. The molecule has 1 nitrogen and oxygen atoms in total. The van der Waals surface area contributed by atoms with Crippen molar-refractivity contribution in [2.45, 2.75) is 89.9 Å². The minimum Gasteiger partial charge on any atom is -0.494 e. The molecule has 4 rings (SSSR count). The van der Waals surface area contributed by atoms with Gasteiger partial charge in [0.15, 0.2) is 11.6 Å². The van der Waals surface area contributed by atoms with Crippen LogP contribution in [0.1, 0.15) is 95.5 Å². The standard InChI is InChI=1S/C26H38F2O/c1-3-4-5-6-17-11-12-23-20(17)13-14-21(23)18-7-9-19(10-8-18)22-15-16-24(29-2)26(28)25(22)27/h15-21,23H,3-14H2,1-2H3. The van der Waals surface area contributed by atoms with E-state index in [4.69, 9.17) is 4.74 Å². The van der Waals surface area contributed by atoms with Crippen LogP contribution < -0.4 is 4.74 Å². The maximum atomic E-state index is 14.5. The molecule has 4 atom stereocenters. The average Bonchev–Trinajstić information content (AvgIpc) is 3.33. The summed E-state index contributed by atoms with van der Waals surface area (Å²) in [4.78, 5) is 0. The van der Waals surface area contributed by atoms with Gasteiger partial charge >= 0.3 is 0 Å². The molecule has 0 bridgehead atoms. The van der Waals surface area contributed by atoms with Crippen molar-refractivity contribution in [3.63, 3.8) is 0 Å². The van der Waals surface area contributed by atoms with Crippen molar-refractivity contribution in [1.82, 2.24) is 0 Å². The number of methoxy groups -OCH3 is 1. The van der Waals surface area contributed by atoms with Gasteiger partial charge in [0.2, 0.25) is 5.82 Å². The van der Waals surface area contributed by atoms with Crippen molar-refractivity contribution < 1.29 is 13.5 Å². The minimum atomic E-state index is -0.828. The topological polar surface area (TPSA) is 9.23 Å². The van der Waals surface area contributed by atoms with Crippen LogP contribution in [-0.2, 0) is 0 Å². The smallest absolute Gasteiger partial charge is 0.200 e. The van der Waals surface area contributed by atoms with Crippen molar-refractivity contribution in [2.75, 3.05) is 7.11 Å². The lowest BCUT2D eigenvalue weighted by Gasteiger charge is -2.35. The average molecular weight is 405 g/mol. The van der Waals surface area contributed by atoms with E-state index >= 15 is 0 Å².